The van der Waals surface area contributed by atoms with Crippen LogP contribution in [0.4, 0.5) is 0 Å². The number of rotatable bonds is 9. The normalized spacial score (nSPS) is 10.8. The molecule has 3 aromatic rings. The predicted octanol–water partition coefficient (Wildman–Crippen LogP) is 6.88. The van der Waals surface area contributed by atoms with Gasteiger partial charge in [0.1, 0.15) is 0 Å². The van der Waals surface area contributed by atoms with Crippen LogP contribution in [0, 0.1) is 0 Å². The average molecular weight is 471 g/mol. The summed E-state index contributed by atoms with van der Waals surface area (Å²) in [5, 5.41) is 0. The molecule has 152 valence electrons. The smallest absolute Gasteiger partial charge is 0.307 e. The van der Waals surface area contributed by atoms with Crippen molar-refractivity contribution in [3.05, 3.63) is 108 Å². The summed E-state index contributed by atoms with van der Waals surface area (Å²) in [6.07, 6.45) is 4.33. The second-order valence-electron chi connectivity index (χ2n) is 7.05. The van der Waals surface area contributed by atoms with Crippen LogP contribution in [0.2, 0.25) is 0 Å². The molecule has 0 aliphatic rings. The van der Waals surface area contributed by atoms with Gasteiger partial charge in [-0.2, -0.15) is 0 Å². The summed E-state index contributed by atoms with van der Waals surface area (Å²) in [4.78, 5) is 11.4. The summed E-state index contributed by atoms with van der Waals surface area (Å²) in [7, 11) is 2.03. The third kappa shape index (κ3) is 5.78. The molecule has 3 aromatic carbocycles. The van der Waals surface area contributed by atoms with Crippen molar-refractivity contribution in [3.8, 4) is 0 Å². The molecule has 3 rings (SSSR count). The van der Waals surface area contributed by atoms with E-state index in [1.54, 1.807) is 0 Å². The maximum atomic E-state index is 11.4. The van der Waals surface area contributed by atoms with Crippen molar-refractivity contribution in [2.75, 3.05) is 0 Å². The van der Waals surface area contributed by atoms with Crippen molar-refractivity contribution in [2.45, 2.75) is 37.5 Å². The Morgan fingerprint density at radius 3 is 1.48 bits per heavy atom. The summed E-state index contributed by atoms with van der Waals surface area (Å²) in [5.41, 5.74) is 3.70. The van der Waals surface area contributed by atoms with Crippen molar-refractivity contribution in [1.29, 1.82) is 0 Å². The van der Waals surface area contributed by atoms with Crippen LogP contribution in [0.25, 0.3) is 0 Å². The second-order valence-corrected chi connectivity index (χ2v) is 7.29. The Bertz CT molecular complexity index is 757. The Kier molecular flexibility index (Phi) is 9.57. The van der Waals surface area contributed by atoms with E-state index in [4.69, 9.17) is 0 Å². The second kappa shape index (κ2) is 11.9. The number of benzene rings is 3. The molecule has 29 heavy (non-hydrogen) atoms. The van der Waals surface area contributed by atoms with E-state index in [9.17, 15) is 4.79 Å². The maximum absolute atomic E-state index is 11.4. The highest BCUT2D eigenvalue weighted by atomic mass is 79.9. The topological polar surface area (TPSA) is 26.3 Å². The summed E-state index contributed by atoms with van der Waals surface area (Å²) in [6, 6.07) is 32.3. The zero-order valence-electron chi connectivity index (χ0n) is 16.5. The lowest BCUT2D eigenvalue weighted by molar-refractivity contribution is -0.133. The monoisotopic (exact) mass is 470 g/mol. The van der Waals surface area contributed by atoms with E-state index >= 15 is 0 Å². The maximum Gasteiger partial charge on any atom is 0.307 e. The minimum atomic E-state index is -0.203. The van der Waals surface area contributed by atoms with Gasteiger partial charge in [-0.15, -0.1) is 17.0 Å². The Labute approximate surface area is 186 Å². The van der Waals surface area contributed by atoms with Crippen molar-refractivity contribution >= 4 is 32.4 Å². The molecular weight excluding hydrogens is 443 g/mol. The van der Waals surface area contributed by atoms with Gasteiger partial charge in [-0.05, 0) is 29.5 Å². The van der Waals surface area contributed by atoms with Crippen LogP contribution in [-0.2, 0) is 14.7 Å². The van der Waals surface area contributed by atoms with Gasteiger partial charge in [0.2, 0.25) is 0 Å². The molecule has 0 heterocycles. The van der Waals surface area contributed by atoms with E-state index in [1.165, 1.54) is 16.7 Å². The van der Waals surface area contributed by atoms with Crippen molar-refractivity contribution < 1.29 is 9.32 Å². The summed E-state index contributed by atoms with van der Waals surface area (Å²) < 4.78 is 4.68. The highest BCUT2D eigenvalue weighted by molar-refractivity contribution is 8.93. The molecular formula is C25H28BrO2P. The van der Waals surface area contributed by atoms with Crippen LogP contribution in [0.15, 0.2) is 91.0 Å². The predicted molar refractivity (Wildman–Crippen MR) is 128 cm³/mol. The molecule has 0 saturated carbocycles. The van der Waals surface area contributed by atoms with Crippen molar-refractivity contribution in [2.24, 2.45) is 0 Å². The van der Waals surface area contributed by atoms with Crippen LogP contribution < -0.4 is 0 Å². The molecule has 1 unspecified atom stereocenters. The molecule has 0 spiro atoms. The third-order valence-electron chi connectivity index (χ3n) is 5.36. The molecule has 2 nitrogen and oxygen atoms in total. The third-order valence-corrected chi connectivity index (χ3v) is 5.63. The van der Waals surface area contributed by atoms with Crippen LogP contribution in [0.5, 0.6) is 0 Å². The average Bonchev–Trinajstić information content (AvgIpc) is 2.78. The molecule has 0 aliphatic carbocycles. The molecule has 4 heteroatoms. The Hall–Kier alpha value is -1.96. The SMILES string of the molecule is Br.O=C(CCCCCC(c1ccccc1)(c1ccccc1)c1ccccc1)OP. The number of carbonyl (C=O) groups is 1. The first kappa shape index (κ1) is 23.3. The largest absolute Gasteiger partial charge is 0.452 e. The Morgan fingerprint density at radius 1 is 0.690 bits per heavy atom. The first-order valence-electron chi connectivity index (χ1n) is 9.83. The van der Waals surface area contributed by atoms with Crippen LogP contribution in [-0.4, -0.2) is 5.97 Å². The van der Waals surface area contributed by atoms with Gasteiger partial charge in [0.25, 0.3) is 0 Å². The highest BCUT2D eigenvalue weighted by Gasteiger charge is 2.35. The van der Waals surface area contributed by atoms with Crippen molar-refractivity contribution in [1.82, 2.24) is 0 Å². The minimum absolute atomic E-state index is 0. The number of hydrogen-bond acceptors (Lipinski definition) is 2. The van der Waals surface area contributed by atoms with E-state index in [1.807, 2.05) is 9.47 Å². The zero-order valence-corrected chi connectivity index (χ0v) is 19.4. The lowest BCUT2D eigenvalue weighted by atomic mass is 9.66. The van der Waals surface area contributed by atoms with Gasteiger partial charge in [0, 0.05) is 11.8 Å². The van der Waals surface area contributed by atoms with Crippen molar-refractivity contribution in [3.63, 3.8) is 0 Å². The molecule has 0 aliphatic heterocycles. The van der Waals surface area contributed by atoms with E-state index in [0.29, 0.717) is 6.42 Å². The first-order valence-corrected chi connectivity index (χ1v) is 10.3. The zero-order chi connectivity index (χ0) is 19.7. The summed E-state index contributed by atoms with van der Waals surface area (Å²) in [5.74, 6) is -0.162. The molecule has 0 saturated heterocycles. The van der Waals surface area contributed by atoms with E-state index in [0.717, 1.165) is 25.7 Å². The summed E-state index contributed by atoms with van der Waals surface area (Å²) in [6.45, 7) is 0. The highest BCUT2D eigenvalue weighted by Crippen LogP contribution is 2.43. The van der Waals surface area contributed by atoms with Gasteiger partial charge >= 0.3 is 5.97 Å². The summed E-state index contributed by atoms with van der Waals surface area (Å²) >= 11 is 0. The van der Waals surface area contributed by atoms with E-state index in [2.05, 4.69) is 95.5 Å². The number of halogens is 1. The van der Waals surface area contributed by atoms with Gasteiger partial charge in [-0.3, -0.25) is 4.79 Å². The van der Waals surface area contributed by atoms with Gasteiger partial charge < -0.3 is 4.52 Å². The van der Waals surface area contributed by atoms with Crippen LogP contribution in [0.3, 0.4) is 0 Å². The van der Waals surface area contributed by atoms with Crippen LogP contribution >= 0.6 is 26.4 Å². The Morgan fingerprint density at radius 2 is 1.10 bits per heavy atom. The fourth-order valence-electron chi connectivity index (χ4n) is 4.00. The lowest BCUT2D eigenvalue weighted by Crippen LogP contribution is -2.29. The number of carbonyl (C=O) groups excluding carboxylic acids is 1. The molecule has 0 aromatic heterocycles. The lowest BCUT2D eigenvalue weighted by Gasteiger charge is -2.36. The quantitative estimate of drug-likeness (QED) is 0.193. The minimum Gasteiger partial charge on any atom is -0.452 e. The Balaban J connectivity index is 0.00000300. The van der Waals surface area contributed by atoms with Crippen LogP contribution in [0.1, 0.15) is 48.8 Å². The molecule has 0 N–H and O–H groups in total. The molecule has 0 bridgehead atoms. The number of unbranched alkanes of at least 4 members (excludes halogenated alkanes) is 2. The first-order chi connectivity index (χ1) is 13.8. The van der Waals surface area contributed by atoms with Gasteiger partial charge in [0.15, 0.2) is 0 Å². The molecule has 0 amide bonds. The standard InChI is InChI=1S/C25H27O2P.BrH/c26-24(27-28)19-11-4-12-20-25(21-13-5-1-6-14-21,22-15-7-2-8-16-22)23-17-9-3-10-18-23;/h1-3,5-10,13-18H,4,11-12,19-20,28H2;1H. The fourth-order valence-corrected chi connectivity index (χ4v) is 4.11. The van der Waals surface area contributed by atoms with Gasteiger partial charge in [-0.1, -0.05) is 104 Å². The van der Waals surface area contributed by atoms with E-state index < -0.39 is 0 Å². The number of hydrogen-bond donors (Lipinski definition) is 0. The fraction of sp³-hybridized carbons (Fsp3) is 0.240. The molecule has 1 atom stereocenters. The van der Waals surface area contributed by atoms with Gasteiger partial charge in [0.05, 0.1) is 9.47 Å². The molecule has 0 radical (unpaired) electrons. The molecule has 0 fully saturated rings. The van der Waals surface area contributed by atoms with E-state index in [-0.39, 0.29) is 28.4 Å². The van der Waals surface area contributed by atoms with Gasteiger partial charge in [-0.25, -0.2) is 0 Å².